The Morgan fingerprint density at radius 3 is 2.42 bits per heavy atom. The summed E-state index contributed by atoms with van der Waals surface area (Å²) in [6.45, 7) is 4.01. The molecule has 0 radical (unpaired) electrons. The zero-order valence-corrected chi connectivity index (χ0v) is 21.3. The first kappa shape index (κ1) is 28.5. The molecule has 2 N–H and O–H groups in total. The number of alkyl halides is 3. The normalized spacial score (nSPS) is 20.6. The summed E-state index contributed by atoms with van der Waals surface area (Å²) in [5, 5.41) is 3.40. The number of amidine groups is 1. The zero-order chi connectivity index (χ0) is 29.2. The molecule has 5 amide bonds. The highest BCUT2D eigenvalue weighted by Crippen LogP contribution is 2.44. The summed E-state index contributed by atoms with van der Waals surface area (Å²) >= 11 is 0. The molecule has 0 aliphatic carbocycles. The molecule has 2 atom stereocenters. The Morgan fingerprint density at radius 2 is 1.77 bits per heavy atom. The second kappa shape index (κ2) is 10.9. The van der Waals surface area contributed by atoms with Crippen molar-refractivity contribution < 1.29 is 46.2 Å². The minimum atomic E-state index is -5.52. The van der Waals surface area contributed by atoms with E-state index in [4.69, 9.17) is 9.47 Å². The van der Waals surface area contributed by atoms with Crippen molar-refractivity contribution in [2.24, 2.45) is 10.9 Å². The Morgan fingerprint density at radius 1 is 1.07 bits per heavy atom. The fourth-order valence-corrected chi connectivity index (χ4v) is 4.52. The van der Waals surface area contributed by atoms with Crippen molar-refractivity contribution >= 4 is 29.6 Å². The van der Waals surface area contributed by atoms with Gasteiger partial charge in [0.1, 0.15) is 17.6 Å². The maximum Gasteiger partial charge on any atom is 0.422 e. The van der Waals surface area contributed by atoms with Crippen LogP contribution in [0.4, 0.5) is 22.4 Å². The van der Waals surface area contributed by atoms with Gasteiger partial charge in [-0.25, -0.2) is 9.18 Å². The highest BCUT2D eigenvalue weighted by atomic mass is 19.4. The standard InChI is InChI=1S/C26H24F4N4O6/c1-3-39-17-9-8-14(12-18(17)40-4-2)10-11-34-20-19(22(36)32-24(34)38)25(23(37)31-20,26(28,29)30)33-21(35)15-6-5-7-16(27)13-15/h5-9,12-13,19H,3-4,10-11H2,1-2H3,(H,33,35)(H,32,36,38). The summed E-state index contributed by atoms with van der Waals surface area (Å²) in [6.07, 6.45) is -5.45. The Balaban J connectivity index is 1.65. The molecule has 14 heteroatoms. The number of nitrogens with zero attached hydrogens (tertiary/aromatic N) is 2. The highest BCUT2D eigenvalue weighted by Gasteiger charge is 2.73. The van der Waals surface area contributed by atoms with Crippen molar-refractivity contribution in [2.75, 3.05) is 19.8 Å². The number of hydrogen-bond acceptors (Lipinski definition) is 6. The van der Waals surface area contributed by atoms with Gasteiger partial charge in [-0.1, -0.05) is 12.1 Å². The molecule has 0 bridgehead atoms. The predicted octanol–water partition coefficient (Wildman–Crippen LogP) is 3.00. The van der Waals surface area contributed by atoms with E-state index in [-0.39, 0.29) is 13.0 Å². The van der Waals surface area contributed by atoms with Gasteiger partial charge in [0.25, 0.3) is 11.8 Å². The van der Waals surface area contributed by atoms with Crippen LogP contribution in [-0.2, 0) is 16.0 Å². The summed E-state index contributed by atoms with van der Waals surface area (Å²) in [7, 11) is 0. The van der Waals surface area contributed by atoms with E-state index in [9.17, 15) is 36.7 Å². The fourth-order valence-electron chi connectivity index (χ4n) is 4.52. The molecule has 2 heterocycles. The molecule has 1 saturated heterocycles. The molecule has 1 fully saturated rings. The van der Waals surface area contributed by atoms with Gasteiger partial charge < -0.3 is 14.8 Å². The van der Waals surface area contributed by atoms with E-state index < -0.39 is 58.6 Å². The van der Waals surface area contributed by atoms with Crippen LogP contribution in [0.25, 0.3) is 0 Å². The predicted molar refractivity (Wildman–Crippen MR) is 131 cm³/mol. The molecular weight excluding hydrogens is 540 g/mol. The van der Waals surface area contributed by atoms with E-state index in [1.165, 1.54) is 0 Å². The van der Waals surface area contributed by atoms with Crippen LogP contribution in [0.1, 0.15) is 29.8 Å². The van der Waals surface area contributed by atoms with Crippen LogP contribution in [0.15, 0.2) is 47.5 Å². The monoisotopic (exact) mass is 564 g/mol. The van der Waals surface area contributed by atoms with Crippen LogP contribution in [0.3, 0.4) is 0 Å². The molecule has 2 unspecified atom stereocenters. The minimum Gasteiger partial charge on any atom is -0.490 e. The second-order valence-corrected chi connectivity index (χ2v) is 8.82. The summed E-state index contributed by atoms with van der Waals surface area (Å²) in [5.74, 6) is -8.00. The van der Waals surface area contributed by atoms with Gasteiger partial charge >= 0.3 is 12.2 Å². The third-order valence-corrected chi connectivity index (χ3v) is 6.34. The third-order valence-electron chi connectivity index (χ3n) is 6.34. The number of carbonyl (C=O) groups is 4. The number of hydrogen-bond donors (Lipinski definition) is 2. The molecular formula is C26H24F4N4O6. The first-order valence-electron chi connectivity index (χ1n) is 12.2. The molecule has 212 valence electrons. The lowest BCUT2D eigenvalue weighted by Gasteiger charge is -2.39. The van der Waals surface area contributed by atoms with Gasteiger partial charge in [-0.15, -0.1) is 0 Å². The summed E-state index contributed by atoms with van der Waals surface area (Å²) < 4.78 is 68.4. The van der Waals surface area contributed by atoms with Crippen molar-refractivity contribution in [2.45, 2.75) is 32.0 Å². The summed E-state index contributed by atoms with van der Waals surface area (Å²) in [5.41, 5.74) is -3.73. The number of halogens is 4. The Kier molecular flexibility index (Phi) is 7.80. The molecule has 2 aliphatic rings. The molecule has 0 saturated carbocycles. The Labute approximate surface area is 225 Å². The van der Waals surface area contributed by atoms with Gasteiger partial charge in [0.2, 0.25) is 11.4 Å². The van der Waals surface area contributed by atoms with E-state index in [2.05, 4.69) is 4.99 Å². The first-order valence-corrected chi connectivity index (χ1v) is 12.2. The summed E-state index contributed by atoms with van der Waals surface area (Å²) in [6, 6.07) is 7.63. The molecule has 2 aromatic rings. The SMILES string of the molecule is CCOc1ccc(CCN2C(=O)NC(=O)C3C2=NC(=O)C3(NC(=O)c2cccc(F)c2)C(F)(F)F)cc1OCC. The number of nitrogens with one attached hydrogen (secondary N) is 2. The van der Waals surface area contributed by atoms with Crippen molar-refractivity contribution in [1.82, 2.24) is 15.5 Å². The van der Waals surface area contributed by atoms with Gasteiger partial charge in [-0.05, 0) is 56.2 Å². The number of rotatable bonds is 9. The number of ether oxygens (including phenoxy) is 2. The molecule has 0 aromatic heterocycles. The smallest absolute Gasteiger partial charge is 0.422 e. The van der Waals surface area contributed by atoms with Crippen molar-refractivity contribution in [3.05, 3.63) is 59.4 Å². The van der Waals surface area contributed by atoms with Gasteiger partial charge in [-0.3, -0.25) is 24.6 Å². The number of fused-ring (bicyclic) bond motifs is 1. The maximum atomic E-state index is 14.6. The van der Waals surface area contributed by atoms with Crippen molar-refractivity contribution in [3.63, 3.8) is 0 Å². The number of benzene rings is 2. The van der Waals surface area contributed by atoms with Crippen LogP contribution >= 0.6 is 0 Å². The topological polar surface area (TPSA) is 126 Å². The number of carbonyl (C=O) groups excluding carboxylic acids is 4. The average molecular weight is 564 g/mol. The van der Waals surface area contributed by atoms with Gasteiger partial charge in [-0.2, -0.15) is 18.2 Å². The highest BCUT2D eigenvalue weighted by molar-refractivity contribution is 6.27. The quantitative estimate of drug-likeness (QED) is 0.451. The van der Waals surface area contributed by atoms with E-state index in [1.54, 1.807) is 37.4 Å². The third kappa shape index (κ3) is 5.08. The number of aliphatic imine (C=N–C) groups is 1. The Hall–Kier alpha value is -4.49. The van der Waals surface area contributed by atoms with Gasteiger partial charge in [0.15, 0.2) is 11.5 Å². The molecule has 10 nitrogen and oxygen atoms in total. The van der Waals surface area contributed by atoms with Crippen LogP contribution in [0.2, 0.25) is 0 Å². The lowest BCUT2D eigenvalue weighted by atomic mass is 9.81. The van der Waals surface area contributed by atoms with Crippen LogP contribution in [0.5, 0.6) is 11.5 Å². The van der Waals surface area contributed by atoms with Crippen LogP contribution in [0, 0.1) is 11.7 Å². The zero-order valence-electron chi connectivity index (χ0n) is 21.3. The average Bonchev–Trinajstić information content (AvgIpc) is 3.18. The first-order chi connectivity index (χ1) is 18.9. The number of imide groups is 1. The lowest BCUT2D eigenvalue weighted by Crippen LogP contribution is -2.72. The number of amides is 5. The Bertz CT molecular complexity index is 1400. The van der Waals surface area contributed by atoms with E-state index in [1.807, 2.05) is 5.32 Å². The molecule has 4 rings (SSSR count). The van der Waals surface area contributed by atoms with E-state index in [0.717, 1.165) is 23.1 Å². The summed E-state index contributed by atoms with van der Waals surface area (Å²) in [4.78, 5) is 55.3. The molecule has 2 aliphatic heterocycles. The molecule has 40 heavy (non-hydrogen) atoms. The van der Waals surface area contributed by atoms with Crippen molar-refractivity contribution in [1.29, 1.82) is 0 Å². The molecule has 2 aromatic carbocycles. The molecule has 0 spiro atoms. The van der Waals surface area contributed by atoms with Crippen LogP contribution in [-0.4, -0.2) is 66.0 Å². The van der Waals surface area contributed by atoms with Gasteiger partial charge in [0, 0.05) is 12.1 Å². The van der Waals surface area contributed by atoms with Crippen molar-refractivity contribution in [3.8, 4) is 11.5 Å². The maximum absolute atomic E-state index is 14.6. The number of urea groups is 1. The largest absolute Gasteiger partial charge is 0.490 e. The van der Waals surface area contributed by atoms with E-state index in [0.29, 0.717) is 36.3 Å². The van der Waals surface area contributed by atoms with Gasteiger partial charge in [0.05, 0.1) is 13.2 Å². The lowest BCUT2D eigenvalue weighted by molar-refractivity contribution is -0.202. The minimum absolute atomic E-state index is 0.0721. The van der Waals surface area contributed by atoms with Crippen LogP contribution < -0.4 is 20.1 Å². The second-order valence-electron chi connectivity index (χ2n) is 8.82. The van der Waals surface area contributed by atoms with E-state index >= 15 is 0 Å². The fraction of sp³-hybridized carbons (Fsp3) is 0.346.